The molecule has 1 N–H and O–H groups in total. The molecular formula is C17H25N. The van der Waals surface area contributed by atoms with E-state index in [1.54, 1.807) is 5.56 Å². The topological polar surface area (TPSA) is 12.0 Å². The highest BCUT2D eigenvalue weighted by Crippen LogP contribution is 2.40. The SMILES string of the molecule is CC1CCC(CC2CCNc3ccccc32)CC1. The second-order valence-electron chi connectivity index (χ2n) is 6.36. The molecule has 18 heavy (non-hydrogen) atoms. The first kappa shape index (κ1) is 12.1. The molecular weight excluding hydrogens is 218 g/mol. The summed E-state index contributed by atoms with van der Waals surface area (Å²) in [5.74, 6) is 2.76. The van der Waals surface area contributed by atoms with E-state index in [9.17, 15) is 0 Å². The Morgan fingerprint density at radius 3 is 2.67 bits per heavy atom. The first-order chi connectivity index (χ1) is 8.83. The Morgan fingerprint density at radius 2 is 1.83 bits per heavy atom. The van der Waals surface area contributed by atoms with Crippen LogP contribution in [0.25, 0.3) is 0 Å². The van der Waals surface area contributed by atoms with Gasteiger partial charge in [-0.2, -0.15) is 0 Å². The van der Waals surface area contributed by atoms with Crippen molar-refractivity contribution in [1.29, 1.82) is 0 Å². The number of hydrogen-bond acceptors (Lipinski definition) is 1. The molecule has 2 aliphatic rings. The second kappa shape index (κ2) is 5.34. The van der Waals surface area contributed by atoms with Crippen LogP contribution in [0.15, 0.2) is 24.3 Å². The summed E-state index contributed by atoms with van der Waals surface area (Å²) in [5.41, 5.74) is 2.96. The van der Waals surface area contributed by atoms with Crippen molar-refractivity contribution in [3.63, 3.8) is 0 Å². The molecule has 3 rings (SSSR count). The predicted molar refractivity (Wildman–Crippen MR) is 78.0 cm³/mol. The molecule has 1 unspecified atom stereocenters. The average Bonchev–Trinajstić information content (AvgIpc) is 2.42. The van der Waals surface area contributed by atoms with Crippen LogP contribution < -0.4 is 5.32 Å². The Kier molecular flexibility index (Phi) is 3.58. The molecule has 0 amide bonds. The molecule has 1 aliphatic carbocycles. The van der Waals surface area contributed by atoms with Crippen molar-refractivity contribution in [2.45, 2.75) is 51.4 Å². The van der Waals surface area contributed by atoms with Crippen LogP contribution in [-0.4, -0.2) is 6.54 Å². The standard InChI is InChI=1S/C17H25N/c1-13-6-8-14(9-7-13)12-15-10-11-18-17-5-3-2-4-16(15)17/h2-5,13-15,18H,6-12H2,1H3. The maximum absolute atomic E-state index is 3.54. The number of fused-ring (bicyclic) bond motifs is 1. The van der Waals surface area contributed by atoms with E-state index in [-0.39, 0.29) is 0 Å². The van der Waals surface area contributed by atoms with Gasteiger partial charge in [-0.25, -0.2) is 0 Å². The van der Waals surface area contributed by atoms with Crippen LogP contribution in [0.2, 0.25) is 0 Å². The lowest BCUT2D eigenvalue weighted by atomic mass is 9.76. The molecule has 1 aromatic carbocycles. The van der Waals surface area contributed by atoms with E-state index >= 15 is 0 Å². The Bertz CT molecular complexity index is 390. The van der Waals surface area contributed by atoms with Gasteiger partial charge in [-0.05, 0) is 42.2 Å². The van der Waals surface area contributed by atoms with E-state index in [0.717, 1.165) is 24.3 Å². The van der Waals surface area contributed by atoms with Gasteiger partial charge in [-0.3, -0.25) is 0 Å². The second-order valence-corrected chi connectivity index (χ2v) is 6.36. The van der Waals surface area contributed by atoms with Gasteiger partial charge in [0.1, 0.15) is 0 Å². The van der Waals surface area contributed by atoms with Gasteiger partial charge in [0.05, 0.1) is 0 Å². The van der Waals surface area contributed by atoms with Crippen LogP contribution in [-0.2, 0) is 0 Å². The highest BCUT2D eigenvalue weighted by atomic mass is 14.9. The van der Waals surface area contributed by atoms with E-state index in [0.29, 0.717) is 0 Å². The largest absolute Gasteiger partial charge is 0.385 e. The third-order valence-electron chi connectivity index (χ3n) is 4.96. The molecule has 1 nitrogen and oxygen atoms in total. The van der Waals surface area contributed by atoms with Gasteiger partial charge in [-0.1, -0.05) is 50.8 Å². The van der Waals surface area contributed by atoms with Gasteiger partial charge in [0.2, 0.25) is 0 Å². The first-order valence-electron chi connectivity index (χ1n) is 7.65. The van der Waals surface area contributed by atoms with Crippen molar-refractivity contribution in [2.75, 3.05) is 11.9 Å². The summed E-state index contributed by atoms with van der Waals surface area (Å²) in [6.07, 6.45) is 8.59. The zero-order valence-corrected chi connectivity index (χ0v) is 11.5. The molecule has 1 saturated carbocycles. The fraction of sp³-hybridized carbons (Fsp3) is 0.647. The molecule has 0 radical (unpaired) electrons. The van der Waals surface area contributed by atoms with Crippen LogP contribution in [0.4, 0.5) is 5.69 Å². The van der Waals surface area contributed by atoms with E-state index < -0.39 is 0 Å². The number of hydrogen-bond donors (Lipinski definition) is 1. The molecule has 1 heteroatoms. The van der Waals surface area contributed by atoms with Crippen molar-refractivity contribution in [1.82, 2.24) is 0 Å². The minimum Gasteiger partial charge on any atom is -0.385 e. The van der Waals surface area contributed by atoms with Crippen molar-refractivity contribution in [3.05, 3.63) is 29.8 Å². The highest BCUT2D eigenvalue weighted by Gasteiger charge is 2.25. The van der Waals surface area contributed by atoms with Crippen LogP contribution >= 0.6 is 0 Å². The van der Waals surface area contributed by atoms with Gasteiger partial charge in [0, 0.05) is 12.2 Å². The number of benzene rings is 1. The van der Waals surface area contributed by atoms with Crippen LogP contribution in [0.5, 0.6) is 0 Å². The molecule has 0 bridgehead atoms. The number of anilines is 1. The fourth-order valence-electron chi connectivity index (χ4n) is 3.76. The summed E-state index contributed by atoms with van der Waals surface area (Å²) in [4.78, 5) is 0. The molecule has 0 saturated heterocycles. The molecule has 1 aromatic rings. The Labute approximate surface area is 111 Å². The zero-order chi connectivity index (χ0) is 12.4. The van der Waals surface area contributed by atoms with E-state index in [1.807, 2.05) is 0 Å². The Balaban J connectivity index is 1.67. The third kappa shape index (κ3) is 2.55. The summed E-state index contributed by atoms with van der Waals surface area (Å²) in [6, 6.07) is 8.92. The lowest BCUT2D eigenvalue weighted by molar-refractivity contribution is 0.261. The van der Waals surface area contributed by atoms with Gasteiger partial charge < -0.3 is 5.32 Å². The maximum Gasteiger partial charge on any atom is 0.0375 e. The van der Waals surface area contributed by atoms with E-state index in [4.69, 9.17) is 0 Å². The summed E-state index contributed by atoms with van der Waals surface area (Å²) < 4.78 is 0. The molecule has 1 fully saturated rings. The van der Waals surface area contributed by atoms with Crippen molar-refractivity contribution >= 4 is 5.69 Å². The maximum atomic E-state index is 3.54. The van der Waals surface area contributed by atoms with Crippen molar-refractivity contribution < 1.29 is 0 Å². The molecule has 1 aliphatic heterocycles. The number of para-hydroxylation sites is 1. The van der Waals surface area contributed by atoms with Crippen LogP contribution in [0.1, 0.15) is 56.9 Å². The lowest BCUT2D eigenvalue weighted by Crippen LogP contribution is -2.21. The Morgan fingerprint density at radius 1 is 1.06 bits per heavy atom. The van der Waals surface area contributed by atoms with E-state index in [1.165, 1.54) is 44.2 Å². The summed E-state index contributed by atoms with van der Waals surface area (Å²) in [6.45, 7) is 3.57. The van der Waals surface area contributed by atoms with Gasteiger partial charge >= 0.3 is 0 Å². The molecule has 1 heterocycles. The molecule has 1 atom stereocenters. The van der Waals surface area contributed by atoms with E-state index in [2.05, 4.69) is 36.5 Å². The number of nitrogens with one attached hydrogen (secondary N) is 1. The molecule has 0 spiro atoms. The predicted octanol–water partition coefficient (Wildman–Crippen LogP) is 4.80. The highest BCUT2D eigenvalue weighted by molar-refractivity contribution is 5.54. The molecule has 0 aromatic heterocycles. The summed E-state index contributed by atoms with van der Waals surface area (Å²) in [5, 5.41) is 3.54. The minimum atomic E-state index is 0.806. The summed E-state index contributed by atoms with van der Waals surface area (Å²) in [7, 11) is 0. The first-order valence-corrected chi connectivity index (χ1v) is 7.65. The minimum absolute atomic E-state index is 0.806. The lowest BCUT2D eigenvalue weighted by Gasteiger charge is -2.32. The van der Waals surface area contributed by atoms with Gasteiger partial charge in [-0.15, -0.1) is 0 Å². The fourth-order valence-corrected chi connectivity index (χ4v) is 3.76. The monoisotopic (exact) mass is 243 g/mol. The third-order valence-corrected chi connectivity index (χ3v) is 4.96. The quantitative estimate of drug-likeness (QED) is 0.786. The van der Waals surface area contributed by atoms with Crippen LogP contribution in [0.3, 0.4) is 0 Å². The Hall–Kier alpha value is -0.980. The van der Waals surface area contributed by atoms with Gasteiger partial charge in [0.25, 0.3) is 0 Å². The summed E-state index contributed by atoms with van der Waals surface area (Å²) >= 11 is 0. The normalized spacial score (nSPS) is 31.5. The van der Waals surface area contributed by atoms with Crippen LogP contribution in [0, 0.1) is 11.8 Å². The van der Waals surface area contributed by atoms with Gasteiger partial charge in [0.15, 0.2) is 0 Å². The molecule has 98 valence electrons. The van der Waals surface area contributed by atoms with Crippen molar-refractivity contribution in [2.24, 2.45) is 11.8 Å². The zero-order valence-electron chi connectivity index (χ0n) is 11.5. The number of rotatable bonds is 2. The van der Waals surface area contributed by atoms with Crippen molar-refractivity contribution in [3.8, 4) is 0 Å². The average molecular weight is 243 g/mol. The smallest absolute Gasteiger partial charge is 0.0375 e.